The third kappa shape index (κ3) is 3.79. The number of hydrogen-bond acceptors (Lipinski definition) is 2. The summed E-state index contributed by atoms with van der Waals surface area (Å²) < 4.78 is 26.6. The first-order valence-corrected chi connectivity index (χ1v) is 6.71. The van der Waals surface area contributed by atoms with Crippen LogP contribution in [0.25, 0.3) is 0 Å². The van der Waals surface area contributed by atoms with Crippen LogP contribution in [0.5, 0.6) is 0 Å². The van der Waals surface area contributed by atoms with E-state index in [0.29, 0.717) is 17.7 Å². The fourth-order valence-corrected chi connectivity index (χ4v) is 2.18. The second-order valence-corrected chi connectivity index (χ2v) is 5.12. The molecule has 0 aliphatic carbocycles. The molecule has 2 nitrogen and oxygen atoms in total. The number of anilines is 1. The minimum Gasteiger partial charge on any atom is -0.382 e. The van der Waals surface area contributed by atoms with Crippen molar-refractivity contribution in [2.75, 3.05) is 5.32 Å². The van der Waals surface area contributed by atoms with Crippen LogP contribution in [-0.4, -0.2) is 6.04 Å². The van der Waals surface area contributed by atoms with Gasteiger partial charge < -0.3 is 5.32 Å². The van der Waals surface area contributed by atoms with E-state index in [1.807, 2.05) is 13.0 Å². The second kappa shape index (κ2) is 6.36. The molecule has 0 fully saturated rings. The number of halogens is 2. The molecule has 0 bridgehead atoms. The molecule has 0 aliphatic heterocycles. The molecular formula is C17H16F2N2. The summed E-state index contributed by atoms with van der Waals surface area (Å²) >= 11 is 0. The molecule has 108 valence electrons. The molecule has 0 radical (unpaired) electrons. The van der Waals surface area contributed by atoms with Gasteiger partial charge in [0, 0.05) is 17.3 Å². The lowest BCUT2D eigenvalue weighted by Crippen LogP contribution is -2.19. The van der Waals surface area contributed by atoms with Gasteiger partial charge in [-0.1, -0.05) is 12.1 Å². The maximum absolute atomic E-state index is 13.7. The van der Waals surface area contributed by atoms with Gasteiger partial charge in [0.15, 0.2) is 0 Å². The zero-order valence-electron chi connectivity index (χ0n) is 12.0. The third-order valence-electron chi connectivity index (χ3n) is 3.33. The average Bonchev–Trinajstić information content (AvgIpc) is 2.46. The number of hydrogen-bond donors (Lipinski definition) is 1. The maximum atomic E-state index is 13.7. The van der Waals surface area contributed by atoms with Crippen LogP contribution in [-0.2, 0) is 6.42 Å². The van der Waals surface area contributed by atoms with E-state index in [2.05, 4.69) is 5.32 Å². The summed E-state index contributed by atoms with van der Waals surface area (Å²) in [6.07, 6.45) is 0.679. The summed E-state index contributed by atoms with van der Waals surface area (Å²) in [7, 11) is 0. The van der Waals surface area contributed by atoms with E-state index in [1.54, 1.807) is 25.1 Å². The highest BCUT2D eigenvalue weighted by Gasteiger charge is 2.10. The summed E-state index contributed by atoms with van der Waals surface area (Å²) in [5.74, 6) is -0.662. The predicted octanol–water partition coefficient (Wildman–Crippen LogP) is 4.19. The van der Waals surface area contributed by atoms with Crippen molar-refractivity contribution in [3.05, 3.63) is 64.7 Å². The zero-order valence-corrected chi connectivity index (χ0v) is 12.0. The minimum absolute atomic E-state index is 0.0301. The summed E-state index contributed by atoms with van der Waals surface area (Å²) in [6.45, 7) is 3.63. The first kappa shape index (κ1) is 15.0. The Kier molecular flexibility index (Phi) is 4.54. The molecule has 4 heteroatoms. The average molecular weight is 286 g/mol. The van der Waals surface area contributed by atoms with E-state index in [-0.39, 0.29) is 17.4 Å². The molecule has 0 saturated heterocycles. The van der Waals surface area contributed by atoms with Crippen molar-refractivity contribution in [1.82, 2.24) is 0 Å². The summed E-state index contributed by atoms with van der Waals surface area (Å²) in [5.41, 5.74) is 2.38. The molecule has 2 aromatic rings. The van der Waals surface area contributed by atoms with E-state index in [4.69, 9.17) is 5.26 Å². The van der Waals surface area contributed by atoms with Gasteiger partial charge in [-0.05, 0) is 50.1 Å². The molecule has 1 unspecified atom stereocenters. The highest BCUT2D eigenvalue weighted by atomic mass is 19.1. The highest BCUT2D eigenvalue weighted by Crippen LogP contribution is 2.22. The summed E-state index contributed by atoms with van der Waals surface area (Å²) in [5, 5.41) is 12.1. The van der Waals surface area contributed by atoms with Gasteiger partial charge in [0.05, 0.1) is 11.6 Å². The Balaban J connectivity index is 2.12. The van der Waals surface area contributed by atoms with Crippen molar-refractivity contribution >= 4 is 5.69 Å². The molecule has 2 aromatic carbocycles. The lowest BCUT2D eigenvalue weighted by atomic mass is 10.1. The normalized spacial score (nSPS) is 11.8. The topological polar surface area (TPSA) is 35.8 Å². The maximum Gasteiger partial charge on any atom is 0.129 e. The van der Waals surface area contributed by atoms with Gasteiger partial charge in [0.25, 0.3) is 0 Å². The van der Waals surface area contributed by atoms with E-state index in [0.717, 1.165) is 5.56 Å². The fraction of sp³-hybridized carbons (Fsp3) is 0.235. The molecule has 1 atom stereocenters. The van der Waals surface area contributed by atoms with Crippen LogP contribution in [0.1, 0.15) is 23.6 Å². The van der Waals surface area contributed by atoms with E-state index in [1.165, 1.54) is 18.2 Å². The van der Waals surface area contributed by atoms with Gasteiger partial charge in [-0.25, -0.2) is 8.78 Å². The molecule has 0 saturated carbocycles. The quantitative estimate of drug-likeness (QED) is 0.914. The number of rotatable bonds is 4. The molecule has 21 heavy (non-hydrogen) atoms. The molecule has 2 rings (SSSR count). The van der Waals surface area contributed by atoms with Crippen molar-refractivity contribution in [3.63, 3.8) is 0 Å². The monoisotopic (exact) mass is 286 g/mol. The lowest BCUT2D eigenvalue weighted by molar-refractivity contribution is 0.617. The standard InChI is InChI=1S/C17H16F2N2/c1-11(7-13-3-5-15(18)6-4-13)21-17-9-14(10-20)8-16(19)12(17)2/h3-6,8-9,11,21H,7H2,1-2H3. The Hall–Kier alpha value is -2.41. The Morgan fingerprint density at radius 2 is 1.86 bits per heavy atom. The van der Waals surface area contributed by atoms with E-state index >= 15 is 0 Å². The van der Waals surface area contributed by atoms with Crippen molar-refractivity contribution in [3.8, 4) is 6.07 Å². The number of benzene rings is 2. The van der Waals surface area contributed by atoms with Crippen LogP contribution >= 0.6 is 0 Å². The molecule has 1 N–H and O–H groups in total. The summed E-state index contributed by atoms with van der Waals surface area (Å²) in [4.78, 5) is 0. The van der Waals surface area contributed by atoms with Crippen molar-refractivity contribution in [2.24, 2.45) is 0 Å². The van der Waals surface area contributed by atoms with Crippen LogP contribution in [0.15, 0.2) is 36.4 Å². The summed E-state index contributed by atoms with van der Waals surface area (Å²) in [6, 6.07) is 11.1. The smallest absolute Gasteiger partial charge is 0.129 e. The van der Waals surface area contributed by atoms with Crippen LogP contribution in [0.2, 0.25) is 0 Å². The Labute approximate surface area is 123 Å². The van der Waals surface area contributed by atoms with Gasteiger partial charge in [0.1, 0.15) is 11.6 Å². The first-order chi connectivity index (χ1) is 9.99. The van der Waals surface area contributed by atoms with Crippen LogP contribution < -0.4 is 5.32 Å². The largest absolute Gasteiger partial charge is 0.382 e. The van der Waals surface area contributed by atoms with Crippen LogP contribution in [0.4, 0.5) is 14.5 Å². The Morgan fingerprint density at radius 1 is 1.19 bits per heavy atom. The van der Waals surface area contributed by atoms with Gasteiger partial charge in [-0.3, -0.25) is 0 Å². The number of nitrogens with zero attached hydrogens (tertiary/aromatic N) is 1. The molecule has 0 aromatic heterocycles. The van der Waals surface area contributed by atoms with Gasteiger partial charge in [-0.2, -0.15) is 5.26 Å². The highest BCUT2D eigenvalue weighted by molar-refractivity contribution is 5.56. The SMILES string of the molecule is Cc1c(F)cc(C#N)cc1NC(C)Cc1ccc(F)cc1. The van der Waals surface area contributed by atoms with Crippen molar-refractivity contribution in [2.45, 2.75) is 26.3 Å². The van der Waals surface area contributed by atoms with Gasteiger partial charge in [-0.15, -0.1) is 0 Å². The van der Waals surface area contributed by atoms with Crippen molar-refractivity contribution < 1.29 is 8.78 Å². The number of nitrogens with one attached hydrogen (secondary N) is 1. The van der Waals surface area contributed by atoms with Crippen LogP contribution in [0, 0.1) is 29.9 Å². The van der Waals surface area contributed by atoms with Gasteiger partial charge >= 0.3 is 0 Å². The molecule has 0 aliphatic rings. The van der Waals surface area contributed by atoms with Crippen molar-refractivity contribution in [1.29, 1.82) is 5.26 Å². The van der Waals surface area contributed by atoms with E-state index < -0.39 is 5.82 Å². The number of nitriles is 1. The zero-order chi connectivity index (χ0) is 15.4. The van der Waals surface area contributed by atoms with Crippen LogP contribution in [0.3, 0.4) is 0 Å². The minimum atomic E-state index is -0.398. The molecular weight excluding hydrogens is 270 g/mol. The van der Waals surface area contributed by atoms with Gasteiger partial charge in [0.2, 0.25) is 0 Å². The molecule has 0 spiro atoms. The Morgan fingerprint density at radius 3 is 2.48 bits per heavy atom. The Bertz CT molecular complexity index is 672. The third-order valence-corrected chi connectivity index (χ3v) is 3.33. The lowest BCUT2D eigenvalue weighted by Gasteiger charge is -2.18. The second-order valence-electron chi connectivity index (χ2n) is 5.12. The van der Waals surface area contributed by atoms with E-state index in [9.17, 15) is 8.78 Å². The predicted molar refractivity (Wildman–Crippen MR) is 79.0 cm³/mol. The fourth-order valence-electron chi connectivity index (χ4n) is 2.18. The molecule has 0 heterocycles. The molecule has 0 amide bonds. The first-order valence-electron chi connectivity index (χ1n) is 6.71.